The van der Waals surface area contributed by atoms with Gasteiger partial charge in [-0.05, 0) is 57.1 Å². The molecule has 0 unspecified atom stereocenters. The van der Waals surface area contributed by atoms with E-state index in [1.165, 1.54) is 6.07 Å². The summed E-state index contributed by atoms with van der Waals surface area (Å²) in [6.45, 7) is 4.56. The number of aromatic nitrogens is 1. The van der Waals surface area contributed by atoms with Crippen LogP contribution in [0.25, 0.3) is 10.9 Å². The maximum Gasteiger partial charge on any atom is 0.319 e. The van der Waals surface area contributed by atoms with Crippen molar-refractivity contribution in [3.63, 3.8) is 0 Å². The summed E-state index contributed by atoms with van der Waals surface area (Å²) in [5, 5.41) is 6.93. The lowest BCUT2D eigenvalue weighted by Gasteiger charge is -2.32. The van der Waals surface area contributed by atoms with Crippen molar-refractivity contribution in [2.45, 2.75) is 30.7 Å². The van der Waals surface area contributed by atoms with Gasteiger partial charge in [0.2, 0.25) is 10.0 Å². The molecule has 3 aromatic rings. The number of likely N-dealkylation sites (tertiary alicyclic amines) is 1. The van der Waals surface area contributed by atoms with E-state index in [-0.39, 0.29) is 22.0 Å². The number of nitrogens with one attached hydrogen (secondary N) is 3. The number of aryl methyl sites for hydroxylation is 1. The van der Waals surface area contributed by atoms with E-state index in [2.05, 4.69) is 25.2 Å². The predicted octanol–water partition coefficient (Wildman–Crippen LogP) is 3.76. The molecule has 1 saturated heterocycles. The van der Waals surface area contributed by atoms with Crippen molar-refractivity contribution in [1.29, 1.82) is 0 Å². The molecule has 34 heavy (non-hydrogen) atoms. The molecule has 2 heterocycles. The van der Waals surface area contributed by atoms with E-state index in [9.17, 15) is 13.2 Å². The van der Waals surface area contributed by atoms with Crippen LogP contribution in [0.2, 0.25) is 5.02 Å². The number of pyridine rings is 1. The number of hydrogen-bond acceptors (Lipinski definition) is 5. The minimum atomic E-state index is -3.66. The maximum atomic E-state index is 12.6. The number of benzene rings is 2. The largest absolute Gasteiger partial charge is 0.337 e. The third-order valence-corrected chi connectivity index (χ3v) is 7.86. The number of sulfonamides is 1. The van der Waals surface area contributed by atoms with Gasteiger partial charge in [0.15, 0.2) is 0 Å². The molecule has 1 aliphatic rings. The molecule has 8 nitrogen and oxygen atoms in total. The van der Waals surface area contributed by atoms with E-state index in [1.807, 2.05) is 37.3 Å². The molecule has 10 heteroatoms. The number of halogens is 1. The summed E-state index contributed by atoms with van der Waals surface area (Å²) in [5.41, 5.74) is 2.40. The Bertz CT molecular complexity index is 1280. The third kappa shape index (κ3) is 6.04. The van der Waals surface area contributed by atoms with Crippen LogP contribution in [0.4, 0.5) is 10.5 Å². The first-order valence-corrected chi connectivity index (χ1v) is 13.1. The number of amides is 2. The number of urea groups is 1. The smallest absolute Gasteiger partial charge is 0.319 e. The molecule has 1 fully saturated rings. The minimum absolute atomic E-state index is 0.103. The van der Waals surface area contributed by atoms with Gasteiger partial charge < -0.3 is 15.5 Å². The standard InChI is InChI=1S/C24H28ClN5O3S/c1-17-16-22(19-6-2-4-8-21(19)27-17)28-24(31)26-12-15-30-13-10-18(11-14-30)29-34(32,33)23-9-5-3-7-20(23)25/h2-9,16,18,29H,10-15H2,1H3,(H2,26,27,28,31). The number of nitrogens with zero attached hydrogens (tertiary/aromatic N) is 2. The number of rotatable bonds is 7. The molecule has 1 aliphatic heterocycles. The van der Waals surface area contributed by atoms with Gasteiger partial charge in [0.05, 0.1) is 16.2 Å². The lowest BCUT2D eigenvalue weighted by Crippen LogP contribution is -2.46. The Balaban J connectivity index is 1.22. The Morgan fingerprint density at radius 3 is 2.59 bits per heavy atom. The number of hydrogen-bond donors (Lipinski definition) is 3. The molecular weight excluding hydrogens is 474 g/mol. The van der Waals surface area contributed by atoms with Gasteiger partial charge in [0, 0.05) is 30.2 Å². The molecule has 2 amide bonds. The monoisotopic (exact) mass is 501 g/mol. The van der Waals surface area contributed by atoms with Gasteiger partial charge in [-0.1, -0.05) is 41.9 Å². The zero-order valence-corrected chi connectivity index (χ0v) is 20.5. The molecule has 180 valence electrons. The Hall–Kier alpha value is -2.72. The predicted molar refractivity (Wildman–Crippen MR) is 135 cm³/mol. The van der Waals surface area contributed by atoms with Gasteiger partial charge >= 0.3 is 6.03 Å². The molecule has 0 atom stereocenters. The van der Waals surface area contributed by atoms with Gasteiger partial charge in [-0.2, -0.15) is 0 Å². The molecule has 1 aromatic heterocycles. The van der Waals surface area contributed by atoms with Crippen molar-refractivity contribution in [1.82, 2.24) is 19.9 Å². The number of para-hydroxylation sites is 1. The van der Waals surface area contributed by atoms with E-state index >= 15 is 0 Å². The lowest BCUT2D eigenvalue weighted by atomic mass is 10.1. The van der Waals surface area contributed by atoms with Crippen LogP contribution in [0.3, 0.4) is 0 Å². The van der Waals surface area contributed by atoms with Gasteiger partial charge in [-0.15, -0.1) is 0 Å². The van der Waals surface area contributed by atoms with Crippen LogP contribution in [0.1, 0.15) is 18.5 Å². The van der Waals surface area contributed by atoms with Crippen LogP contribution >= 0.6 is 11.6 Å². The van der Waals surface area contributed by atoms with Crippen LogP contribution in [0.5, 0.6) is 0 Å². The highest BCUT2D eigenvalue weighted by Gasteiger charge is 2.25. The van der Waals surface area contributed by atoms with Crippen LogP contribution in [0.15, 0.2) is 59.5 Å². The zero-order valence-electron chi connectivity index (χ0n) is 18.9. The summed E-state index contributed by atoms with van der Waals surface area (Å²) in [6.07, 6.45) is 1.39. The highest BCUT2D eigenvalue weighted by Crippen LogP contribution is 2.23. The topological polar surface area (TPSA) is 103 Å². The van der Waals surface area contributed by atoms with Crippen molar-refractivity contribution in [2.75, 3.05) is 31.5 Å². The number of carbonyl (C=O) groups excluding carboxylic acids is 1. The van der Waals surface area contributed by atoms with Crippen LogP contribution < -0.4 is 15.4 Å². The summed E-state index contributed by atoms with van der Waals surface area (Å²) in [5.74, 6) is 0. The van der Waals surface area contributed by atoms with E-state index in [1.54, 1.807) is 18.2 Å². The Morgan fingerprint density at radius 1 is 1.12 bits per heavy atom. The summed E-state index contributed by atoms with van der Waals surface area (Å²) >= 11 is 6.05. The Kier molecular flexibility index (Phi) is 7.67. The van der Waals surface area contributed by atoms with Crippen molar-refractivity contribution < 1.29 is 13.2 Å². The third-order valence-electron chi connectivity index (χ3n) is 5.84. The lowest BCUT2D eigenvalue weighted by molar-refractivity contribution is 0.206. The van der Waals surface area contributed by atoms with Crippen molar-refractivity contribution in [3.05, 3.63) is 65.3 Å². The van der Waals surface area contributed by atoms with Crippen molar-refractivity contribution in [2.24, 2.45) is 0 Å². The van der Waals surface area contributed by atoms with Crippen LogP contribution in [-0.4, -0.2) is 56.6 Å². The number of carbonyl (C=O) groups is 1. The number of anilines is 1. The average molecular weight is 502 g/mol. The fraction of sp³-hybridized carbons (Fsp3) is 0.333. The first-order chi connectivity index (χ1) is 16.3. The summed E-state index contributed by atoms with van der Waals surface area (Å²) in [4.78, 5) is 19.2. The molecule has 0 saturated carbocycles. The average Bonchev–Trinajstić information content (AvgIpc) is 2.80. The summed E-state index contributed by atoms with van der Waals surface area (Å²) in [6, 6.07) is 15.6. The van der Waals surface area contributed by atoms with E-state index in [0.717, 1.165) is 35.4 Å². The molecule has 0 spiro atoms. The molecule has 4 rings (SSSR count). The quantitative estimate of drug-likeness (QED) is 0.457. The normalized spacial score (nSPS) is 15.4. The second kappa shape index (κ2) is 10.7. The van der Waals surface area contributed by atoms with Gasteiger partial charge in [-0.25, -0.2) is 17.9 Å². The Morgan fingerprint density at radius 2 is 1.82 bits per heavy atom. The molecule has 0 radical (unpaired) electrons. The number of piperidine rings is 1. The van der Waals surface area contributed by atoms with Gasteiger partial charge in [0.1, 0.15) is 4.90 Å². The molecule has 2 aromatic carbocycles. The van der Waals surface area contributed by atoms with E-state index in [4.69, 9.17) is 11.6 Å². The molecule has 3 N–H and O–H groups in total. The SMILES string of the molecule is Cc1cc(NC(=O)NCCN2CCC(NS(=O)(=O)c3ccccc3Cl)CC2)c2ccccc2n1. The first-order valence-electron chi connectivity index (χ1n) is 11.2. The van der Waals surface area contributed by atoms with E-state index in [0.29, 0.717) is 25.9 Å². The van der Waals surface area contributed by atoms with Crippen LogP contribution in [0, 0.1) is 6.92 Å². The maximum absolute atomic E-state index is 12.6. The molecule has 0 bridgehead atoms. The Labute approximate surface area is 204 Å². The van der Waals surface area contributed by atoms with Crippen molar-refractivity contribution >= 4 is 44.2 Å². The number of fused-ring (bicyclic) bond motifs is 1. The summed E-state index contributed by atoms with van der Waals surface area (Å²) in [7, 11) is -3.66. The first kappa shape index (κ1) is 24.4. The summed E-state index contributed by atoms with van der Waals surface area (Å²) < 4.78 is 28.0. The van der Waals surface area contributed by atoms with E-state index < -0.39 is 10.0 Å². The second-order valence-electron chi connectivity index (χ2n) is 8.38. The minimum Gasteiger partial charge on any atom is -0.337 e. The zero-order chi connectivity index (χ0) is 24.1. The fourth-order valence-electron chi connectivity index (χ4n) is 4.13. The highest BCUT2D eigenvalue weighted by molar-refractivity contribution is 7.89. The fourth-order valence-corrected chi connectivity index (χ4v) is 5.95. The second-order valence-corrected chi connectivity index (χ2v) is 10.5. The van der Waals surface area contributed by atoms with Crippen molar-refractivity contribution in [3.8, 4) is 0 Å². The molecular formula is C24H28ClN5O3S. The molecule has 0 aliphatic carbocycles. The van der Waals surface area contributed by atoms with Gasteiger partial charge in [-0.3, -0.25) is 4.98 Å². The van der Waals surface area contributed by atoms with Crippen LogP contribution in [-0.2, 0) is 10.0 Å². The van der Waals surface area contributed by atoms with Gasteiger partial charge in [0.25, 0.3) is 0 Å². The highest BCUT2D eigenvalue weighted by atomic mass is 35.5.